The first kappa shape index (κ1) is 14.4. The maximum atomic E-state index is 5.96. The molecule has 0 saturated carbocycles. The number of fused-ring (bicyclic) bond motifs is 1. The number of hydrogen-bond acceptors (Lipinski definition) is 3. The summed E-state index contributed by atoms with van der Waals surface area (Å²) < 4.78 is 11.6. The maximum absolute atomic E-state index is 5.96. The fourth-order valence-electron chi connectivity index (χ4n) is 3.03. The van der Waals surface area contributed by atoms with E-state index in [2.05, 4.69) is 18.2 Å². The molecule has 0 bridgehead atoms. The summed E-state index contributed by atoms with van der Waals surface area (Å²) in [7, 11) is 0. The molecule has 3 heteroatoms. The van der Waals surface area contributed by atoms with E-state index in [1.165, 1.54) is 23.6 Å². The van der Waals surface area contributed by atoms with E-state index in [4.69, 9.17) is 15.2 Å². The van der Waals surface area contributed by atoms with Gasteiger partial charge in [0.2, 0.25) is 0 Å². The molecule has 21 heavy (non-hydrogen) atoms. The second-order valence-corrected chi connectivity index (χ2v) is 5.59. The first-order chi connectivity index (χ1) is 10.4. The third-order valence-electron chi connectivity index (χ3n) is 4.15. The lowest BCUT2D eigenvalue weighted by Gasteiger charge is -2.14. The van der Waals surface area contributed by atoms with Crippen LogP contribution >= 0.6 is 0 Å². The summed E-state index contributed by atoms with van der Waals surface area (Å²) in [5.74, 6) is 0.920. The summed E-state index contributed by atoms with van der Waals surface area (Å²) in [6.45, 7) is 2.15. The zero-order chi connectivity index (χ0) is 14.5. The van der Waals surface area contributed by atoms with Crippen molar-refractivity contribution in [2.45, 2.75) is 38.3 Å². The molecule has 0 radical (unpaired) electrons. The van der Waals surface area contributed by atoms with E-state index in [1.807, 2.05) is 18.2 Å². The van der Waals surface area contributed by atoms with Crippen molar-refractivity contribution in [3.63, 3.8) is 0 Å². The van der Waals surface area contributed by atoms with Crippen LogP contribution < -0.4 is 10.5 Å². The van der Waals surface area contributed by atoms with Crippen LogP contribution in [0.1, 0.15) is 31.2 Å². The first-order valence-corrected chi connectivity index (χ1v) is 7.83. The van der Waals surface area contributed by atoms with Gasteiger partial charge in [0.1, 0.15) is 5.75 Å². The second kappa shape index (κ2) is 6.92. The van der Waals surface area contributed by atoms with E-state index in [-0.39, 0.29) is 0 Å². The molecule has 0 aromatic heterocycles. The van der Waals surface area contributed by atoms with Gasteiger partial charge in [-0.05, 0) is 42.5 Å². The van der Waals surface area contributed by atoms with Crippen molar-refractivity contribution in [2.75, 3.05) is 13.2 Å². The van der Waals surface area contributed by atoms with Crippen LogP contribution in [0.15, 0.2) is 36.4 Å². The summed E-state index contributed by atoms with van der Waals surface area (Å²) in [5.41, 5.74) is 7.02. The highest BCUT2D eigenvalue weighted by atomic mass is 16.5. The molecule has 0 spiro atoms. The highest BCUT2D eigenvalue weighted by Crippen LogP contribution is 2.28. The molecule has 1 heterocycles. The Bertz CT molecular complexity index is 591. The van der Waals surface area contributed by atoms with E-state index in [0.717, 1.165) is 37.4 Å². The van der Waals surface area contributed by atoms with Crippen molar-refractivity contribution in [3.8, 4) is 5.75 Å². The predicted molar refractivity (Wildman–Crippen MR) is 85.5 cm³/mol. The van der Waals surface area contributed by atoms with Gasteiger partial charge < -0.3 is 15.2 Å². The van der Waals surface area contributed by atoms with E-state index >= 15 is 0 Å². The molecule has 2 aromatic rings. The van der Waals surface area contributed by atoms with Crippen LogP contribution in [-0.2, 0) is 11.3 Å². The molecule has 0 amide bonds. The van der Waals surface area contributed by atoms with Crippen molar-refractivity contribution in [1.82, 2.24) is 0 Å². The van der Waals surface area contributed by atoms with Crippen molar-refractivity contribution >= 4 is 10.8 Å². The summed E-state index contributed by atoms with van der Waals surface area (Å²) in [4.78, 5) is 0. The lowest BCUT2D eigenvalue weighted by atomic mass is 10.0. The van der Waals surface area contributed by atoms with Gasteiger partial charge in [0, 0.05) is 18.7 Å². The molecule has 1 unspecified atom stereocenters. The highest BCUT2D eigenvalue weighted by molar-refractivity contribution is 5.87. The third kappa shape index (κ3) is 3.36. The standard InChI is InChI=1S/C18H23NO2/c19-13-17-16-8-2-1-5-14(16)9-10-18(17)21-12-4-7-15-6-3-11-20-15/h1-2,5,8-10,15H,3-4,6-7,11-13,19H2. The van der Waals surface area contributed by atoms with Crippen LogP contribution in [0.25, 0.3) is 10.8 Å². The molecular weight excluding hydrogens is 262 g/mol. The quantitative estimate of drug-likeness (QED) is 0.824. The molecule has 2 N–H and O–H groups in total. The molecule has 112 valence electrons. The molecule has 0 aliphatic carbocycles. The molecule has 3 nitrogen and oxygen atoms in total. The molecule has 3 rings (SSSR count). The molecule has 1 saturated heterocycles. The van der Waals surface area contributed by atoms with Crippen molar-refractivity contribution in [3.05, 3.63) is 42.0 Å². The van der Waals surface area contributed by atoms with Crippen LogP contribution in [0, 0.1) is 0 Å². The Labute approximate surface area is 126 Å². The Hall–Kier alpha value is -1.58. The Kier molecular flexibility index (Phi) is 4.73. The van der Waals surface area contributed by atoms with Crippen LogP contribution in [-0.4, -0.2) is 19.3 Å². The SMILES string of the molecule is NCc1c(OCCCC2CCCO2)ccc2ccccc12. The van der Waals surface area contributed by atoms with Gasteiger partial charge in [-0.1, -0.05) is 30.3 Å². The Morgan fingerprint density at radius 2 is 2.10 bits per heavy atom. The van der Waals surface area contributed by atoms with Gasteiger partial charge in [-0.15, -0.1) is 0 Å². The molecule has 2 aromatic carbocycles. The average Bonchev–Trinajstić information content (AvgIpc) is 3.04. The minimum atomic E-state index is 0.444. The monoisotopic (exact) mass is 285 g/mol. The third-order valence-corrected chi connectivity index (χ3v) is 4.15. The fraction of sp³-hybridized carbons (Fsp3) is 0.444. The minimum Gasteiger partial charge on any atom is -0.493 e. The van der Waals surface area contributed by atoms with Gasteiger partial charge in [-0.2, -0.15) is 0 Å². The molecule has 1 aliphatic heterocycles. The van der Waals surface area contributed by atoms with E-state index in [9.17, 15) is 0 Å². The summed E-state index contributed by atoms with van der Waals surface area (Å²) >= 11 is 0. The zero-order valence-corrected chi connectivity index (χ0v) is 12.4. The number of ether oxygens (including phenoxy) is 2. The molecule has 1 aliphatic rings. The molecule has 1 fully saturated rings. The molecular formula is C18H23NO2. The van der Waals surface area contributed by atoms with Gasteiger partial charge in [0.25, 0.3) is 0 Å². The van der Waals surface area contributed by atoms with Crippen molar-refractivity contribution < 1.29 is 9.47 Å². The predicted octanol–water partition coefficient (Wildman–Crippen LogP) is 3.64. The average molecular weight is 285 g/mol. The number of benzene rings is 2. The topological polar surface area (TPSA) is 44.5 Å². The second-order valence-electron chi connectivity index (χ2n) is 5.59. The van der Waals surface area contributed by atoms with Gasteiger partial charge in [-0.25, -0.2) is 0 Å². The van der Waals surface area contributed by atoms with Crippen LogP contribution in [0.4, 0.5) is 0 Å². The van der Waals surface area contributed by atoms with E-state index < -0.39 is 0 Å². The van der Waals surface area contributed by atoms with Crippen LogP contribution in [0.3, 0.4) is 0 Å². The highest BCUT2D eigenvalue weighted by Gasteiger charge is 2.15. The van der Waals surface area contributed by atoms with Gasteiger partial charge in [0.05, 0.1) is 12.7 Å². The van der Waals surface area contributed by atoms with Crippen LogP contribution in [0.5, 0.6) is 5.75 Å². The summed E-state index contributed by atoms with van der Waals surface area (Å²) in [6, 6.07) is 12.4. The van der Waals surface area contributed by atoms with Crippen molar-refractivity contribution in [1.29, 1.82) is 0 Å². The van der Waals surface area contributed by atoms with Crippen molar-refractivity contribution in [2.24, 2.45) is 5.73 Å². The maximum Gasteiger partial charge on any atom is 0.124 e. The zero-order valence-electron chi connectivity index (χ0n) is 12.4. The van der Waals surface area contributed by atoms with E-state index in [1.54, 1.807) is 0 Å². The Morgan fingerprint density at radius 3 is 2.90 bits per heavy atom. The number of rotatable bonds is 6. The lowest BCUT2D eigenvalue weighted by molar-refractivity contribution is 0.0981. The fourth-order valence-corrected chi connectivity index (χ4v) is 3.03. The lowest BCUT2D eigenvalue weighted by Crippen LogP contribution is -2.09. The summed E-state index contributed by atoms with van der Waals surface area (Å²) in [6.07, 6.45) is 4.96. The largest absolute Gasteiger partial charge is 0.493 e. The minimum absolute atomic E-state index is 0.444. The van der Waals surface area contributed by atoms with Gasteiger partial charge in [-0.3, -0.25) is 0 Å². The van der Waals surface area contributed by atoms with E-state index in [0.29, 0.717) is 12.6 Å². The first-order valence-electron chi connectivity index (χ1n) is 7.83. The normalized spacial score (nSPS) is 18.2. The Morgan fingerprint density at radius 1 is 1.19 bits per heavy atom. The van der Waals surface area contributed by atoms with Gasteiger partial charge >= 0.3 is 0 Å². The Balaban J connectivity index is 1.63. The summed E-state index contributed by atoms with van der Waals surface area (Å²) in [5, 5.41) is 2.40. The number of hydrogen-bond donors (Lipinski definition) is 1. The number of nitrogens with two attached hydrogens (primary N) is 1. The molecule has 1 atom stereocenters. The van der Waals surface area contributed by atoms with Gasteiger partial charge in [0.15, 0.2) is 0 Å². The van der Waals surface area contributed by atoms with Crippen LogP contribution in [0.2, 0.25) is 0 Å². The smallest absolute Gasteiger partial charge is 0.124 e.